The third-order valence-electron chi connectivity index (χ3n) is 5.52. The van der Waals surface area contributed by atoms with Gasteiger partial charge in [-0.25, -0.2) is 33.1 Å². The summed E-state index contributed by atoms with van der Waals surface area (Å²) in [5.41, 5.74) is -1.25. The number of furan rings is 1. The molecule has 4 rings (SSSR count). The van der Waals surface area contributed by atoms with Crippen LogP contribution in [0.5, 0.6) is 0 Å². The fraction of sp³-hybridized carbons (Fsp3) is 0.208. The number of benzene rings is 1. The van der Waals surface area contributed by atoms with Crippen molar-refractivity contribution < 1.29 is 9.21 Å². The van der Waals surface area contributed by atoms with Crippen molar-refractivity contribution in [2.24, 2.45) is 5.10 Å². The number of hydrogen-bond acceptors (Lipinski definition) is 6. The third kappa shape index (κ3) is 4.60. The molecule has 0 bridgehead atoms. The van der Waals surface area contributed by atoms with Crippen molar-refractivity contribution in [3.05, 3.63) is 116 Å². The van der Waals surface area contributed by atoms with Crippen LogP contribution in [-0.4, -0.2) is 30.3 Å². The van der Waals surface area contributed by atoms with Crippen molar-refractivity contribution in [3.8, 4) is 0 Å². The minimum Gasteiger partial charge on any atom is -0.467 e. The molecule has 1 atom stereocenters. The van der Waals surface area contributed by atoms with Gasteiger partial charge in [0.1, 0.15) is 18.3 Å². The normalized spacial score (nSPS) is 15.2. The number of halogens is 1. The van der Waals surface area contributed by atoms with Gasteiger partial charge in [0.05, 0.1) is 25.1 Å². The van der Waals surface area contributed by atoms with Crippen LogP contribution in [0.1, 0.15) is 23.8 Å². The molecular formula is C24H22ClN5O5. The van der Waals surface area contributed by atoms with Crippen molar-refractivity contribution in [1.82, 2.24) is 18.7 Å². The van der Waals surface area contributed by atoms with Crippen molar-refractivity contribution in [3.63, 3.8) is 0 Å². The number of allylic oxidation sites excluding steroid dienone is 2. The van der Waals surface area contributed by atoms with Gasteiger partial charge in [-0.15, -0.1) is 13.2 Å². The van der Waals surface area contributed by atoms with Gasteiger partial charge in [-0.1, -0.05) is 35.9 Å². The summed E-state index contributed by atoms with van der Waals surface area (Å²) < 4.78 is 7.91. The number of rotatable bonds is 8. The Labute approximate surface area is 204 Å². The molecule has 0 radical (unpaired) electrons. The minimum atomic E-state index is -0.913. The first kappa shape index (κ1) is 24.0. The Balaban J connectivity index is 1.75. The van der Waals surface area contributed by atoms with E-state index in [1.54, 1.807) is 36.4 Å². The lowest BCUT2D eigenvalue weighted by Crippen LogP contribution is -2.55. The number of amides is 1. The molecule has 0 N–H and O–H groups in total. The standard InChI is InChI=1S/C24H22ClN5O5/c1-3-11-27-22(32)28(12-4-2)24(34)29(23(27)33)15-21(31)30-19(20-6-5-13-35-20)14-18(26-30)16-7-9-17(25)10-8-16/h3-10,13,19H,1-2,11-12,14-15H2. The SMILES string of the molecule is C=CCn1c(=O)n(CC=C)c(=O)n(CC(=O)N2N=C(c3ccc(Cl)cc3)CC2c2ccco2)c1=O. The van der Waals surface area contributed by atoms with E-state index in [4.69, 9.17) is 16.0 Å². The van der Waals surface area contributed by atoms with Crippen LogP contribution in [-0.2, 0) is 24.4 Å². The van der Waals surface area contributed by atoms with Crippen LogP contribution in [0.25, 0.3) is 0 Å². The monoisotopic (exact) mass is 495 g/mol. The Morgan fingerprint density at radius 1 is 1.00 bits per heavy atom. The molecule has 1 aromatic carbocycles. The predicted molar refractivity (Wildman–Crippen MR) is 131 cm³/mol. The minimum absolute atomic E-state index is 0.124. The maximum Gasteiger partial charge on any atom is 0.337 e. The van der Waals surface area contributed by atoms with Crippen LogP contribution < -0.4 is 17.1 Å². The summed E-state index contributed by atoms with van der Waals surface area (Å²) >= 11 is 5.99. The molecular weight excluding hydrogens is 474 g/mol. The van der Waals surface area contributed by atoms with E-state index in [0.717, 1.165) is 14.7 Å². The number of aromatic nitrogens is 3. The molecule has 3 heterocycles. The number of hydrazone groups is 1. The van der Waals surface area contributed by atoms with Crippen LogP contribution in [0.3, 0.4) is 0 Å². The Kier molecular flexibility index (Phi) is 6.83. The first-order chi connectivity index (χ1) is 16.8. The van der Waals surface area contributed by atoms with Gasteiger partial charge in [-0.05, 0) is 29.8 Å². The van der Waals surface area contributed by atoms with Gasteiger partial charge in [0.15, 0.2) is 0 Å². The molecule has 0 saturated heterocycles. The molecule has 10 nitrogen and oxygen atoms in total. The van der Waals surface area contributed by atoms with E-state index in [1.165, 1.54) is 23.4 Å². The van der Waals surface area contributed by atoms with Gasteiger partial charge >= 0.3 is 17.1 Å². The molecule has 35 heavy (non-hydrogen) atoms. The van der Waals surface area contributed by atoms with E-state index in [2.05, 4.69) is 18.3 Å². The lowest BCUT2D eigenvalue weighted by atomic mass is 10.0. The Morgan fingerprint density at radius 2 is 1.60 bits per heavy atom. The molecule has 0 spiro atoms. The molecule has 1 unspecified atom stereocenters. The van der Waals surface area contributed by atoms with Crippen LogP contribution in [0.2, 0.25) is 5.02 Å². The zero-order valence-corrected chi connectivity index (χ0v) is 19.4. The van der Waals surface area contributed by atoms with Crippen LogP contribution in [0.15, 0.2) is 91.9 Å². The molecule has 0 aliphatic carbocycles. The summed E-state index contributed by atoms with van der Waals surface area (Å²) in [5.74, 6) is -0.123. The zero-order valence-electron chi connectivity index (χ0n) is 18.7. The van der Waals surface area contributed by atoms with Crippen LogP contribution in [0.4, 0.5) is 0 Å². The molecule has 0 fully saturated rings. The molecule has 2 aromatic heterocycles. The second-order valence-electron chi connectivity index (χ2n) is 7.76. The van der Waals surface area contributed by atoms with E-state index >= 15 is 0 Å². The smallest absolute Gasteiger partial charge is 0.337 e. The number of hydrogen-bond donors (Lipinski definition) is 0. The Bertz CT molecular complexity index is 1430. The van der Waals surface area contributed by atoms with Gasteiger partial charge in [-0.3, -0.25) is 4.79 Å². The summed E-state index contributed by atoms with van der Waals surface area (Å²) in [6.45, 7) is 6.22. The van der Waals surface area contributed by atoms with E-state index in [9.17, 15) is 19.2 Å². The van der Waals surface area contributed by atoms with E-state index in [1.807, 2.05) is 0 Å². The summed E-state index contributed by atoms with van der Waals surface area (Å²) in [6, 6.07) is 9.86. The lowest BCUT2D eigenvalue weighted by Gasteiger charge is -2.20. The lowest BCUT2D eigenvalue weighted by molar-refractivity contribution is -0.134. The topological polar surface area (TPSA) is 112 Å². The number of carbonyl (C=O) groups is 1. The molecule has 1 aliphatic heterocycles. The maximum atomic E-state index is 13.4. The van der Waals surface area contributed by atoms with Gasteiger partial charge < -0.3 is 4.42 Å². The van der Waals surface area contributed by atoms with E-state index < -0.39 is 35.6 Å². The van der Waals surface area contributed by atoms with Crippen molar-refractivity contribution >= 4 is 23.2 Å². The second kappa shape index (κ2) is 9.98. The first-order valence-electron chi connectivity index (χ1n) is 10.7. The highest BCUT2D eigenvalue weighted by Gasteiger charge is 2.35. The average molecular weight is 496 g/mol. The highest BCUT2D eigenvalue weighted by atomic mass is 35.5. The van der Waals surface area contributed by atoms with E-state index in [-0.39, 0.29) is 13.1 Å². The summed E-state index contributed by atoms with van der Waals surface area (Å²) in [5, 5.41) is 6.25. The number of nitrogens with zero attached hydrogens (tertiary/aromatic N) is 5. The second-order valence-corrected chi connectivity index (χ2v) is 8.20. The highest BCUT2D eigenvalue weighted by Crippen LogP contribution is 2.33. The maximum absolute atomic E-state index is 13.4. The third-order valence-corrected chi connectivity index (χ3v) is 5.77. The average Bonchev–Trinajstić information content (AvgIpc) is 3.53. The molecule has 1 amide bonds. The van der Waals surface area contributed by atoms with Gasteiger partial charge in [0.25, 0.3) is 5.91 Å². The van der Waals surface area contributed by atoms with Crippen molar-refractivity contribution in [2.75, 3.05) is 0 Å². The highest BCUT2D eigenvalue weighted by molar-refractivity contribution is 6.30. The fourth-order valence-electron chi connectivity index (χ4n) is 3.86. The fourth-order valence-corrected chi connectivity index (χ4v) is 3.98. The summed E-state index contributed by atoms with van der Waals surface area (Å²) in [7, 11) is 0. The summed E-state index contributed by atoms with van der Waals surface area (Å²) in [4.78, 5) is 51.9. The largest absolute Gasteiger partial charge is 0.467 e. The molecule has 0 saturated carbocycles. The van der Waals surface area contributed by atoms with Crippen molar-refractivity contribution in [1.29, 1.82) is 0 Å². The van der Waals surface area contributed by atoms with Gasteiger partial charge in [-0.2, -0.15) is 5.10 Å². The molecule has 1 aliphatic rings. The molecule has 3 aromatic rings. The quantitative estimate of drug-likeness (QED) is 0.444. The predicted octanol–water partition coefficient (Wildman–Crippen LogP) is 2.17. The van der Waals surface area contributed by atoms with Crippen LogP contribution in [0, 0.1) is 0 Å². The Hall–Kier alpha value is -4.18. The van der Waals surface area contributed by atoms with E-state index in [0.29, 0.717) is 27.5 Å². The van der Waals surface area contributed by atoms with Gasteiger partial charge in [0.2, 0.25) is 0 Å². The zero-order chi connectivity index (χ0) is 25.1. The summed E-state index contributed by atoms with van der Waals surface area (Å²) in [6.07, 6.45) is 4.55. The van der Waals surface area contributed by atoms with Crippen LogP contribution >= 0.6 is 11.6 Å². The molecule has 180 valence electrons. The first-order valence-corrected chi connectivity index (χ1v) is 11.1. The van der Waals surface area contributed by atoms with Crippen molar-refractivity contribution in [2.45, 2.75) is 32.1 Å². The Morgan fingerprint density at radius 3 is 2.14 bits per heavy atom. The number of carbonyl (C=O) groups excluding carboxylic acids is 1. The van der Waals surface area contributed by atoms with Gasteiger partial charge in [0, 0.05) is 11.4 Å². The molecule has 11 heteroatoms.